The number of benzene rings is 1. The first kappa shape index (κ1) is 12.0. The van der Waals surface area contributed by atoms with Crippen LogP contribution in [0.5, 0.6) is 5.75 Å². The molecule has 2 rings (SSSR count). The largest absolute Gasteiger partial charge is 0.496 e. The minimum atomic E-state index is 0.393. The zero-order valence-corrected chi connectivity index (χ0v) is 10.5. The van der Waals surface area contributed by atoms with Gasteiger partial charge in [-0.25, -0.2) is 0 Å². The molecule has 0 aliphatic heterocycles. The maximum atomic E-state index is 6.14. The van der Waals surface area contributed by atoms with Gasteiger partial charge < -0.3 is 10.5 Å². The van der Waals surface area contributed by atoms with Gasteiger partial charge in [-0.3, -0.25) is 5.10 Å². The molecule has 90 valence electrons. The van der Waals surface area contributed by atoms with Crippen molar-refractivity contribution in [2.45, 2.75) is 13.5 Å². The topological polar surface area (TPSA) is 63.9 Å². The molecule has 3 N–H and O–H groups in total. The van der Waals surface area contributed by atoms with Gasteiger partial charge in [0.25, 0.3) is 0 Å². The highest BCUT2D eigenvalue weighted by Gasteiger charge is 2.13. The van der Waals surface area contributed by atoms with Crippen molar-refractivity contribution in [3.05, 3.63) is 34.6 Å². The molecule has 0 aliphatic rings. The van der Waals surface area contributed by atoms with Crippen LogP contribution < -0.4 is 10.5 Å². The molecule has 4 nitrogen and oxygen atoms in total. The molecule has 2 aromatic rings. The summed E-state index contributed by atoms with van der Waals surface area (Å²) in [6, 6.07) is 3.78. The molecule has 0 unspecified atom stereocenters. The third kappa shape index (κ3) is 2.14. The summed E-state index contributed by atoms with van der Waals surface area (Å²) in [4.78, 5) is 0. The van der Waals surface area contributed by atoms with Gasteiger partial charge in [0.05, 0.1) is 19.0 Å². The van der Waals surface area contributed by atoms with Crippen LogP contribution in [0.3, 0.4) is 0 Å². The fraction of sp³-hybridized carbons (Fsp3) is 0.250. The SMILES string of the molecule is COc1cc(C)c(Cl)cc1-c1cn[nH]c1CN. The van der Waals surface area contributed by atoms with Crippen LogP contribution in [0, 0.1) is 6.92 Å². The second-order valence-corrected chi connectivity index (χ2v) is 4.18. The molecule has 1 heterocycles. The number of hydrogen-bond acceptors (Lipinski definition) is 3. The van der Waals surface area contributed by atoms with Gasteiger partial charge in [0.1, 0.15) is 5.75 Å². The van der Waals surface area contributed by atoms with Crippen molar-refractivity contribution in [1.29, 1.82) is 0 Å². The minimum Gasteiger partial charge on any atom is -0.496 e. The van der Waals surface area contributed by atoms with Gasteiger partial charge in [-0.2, -0.15) is 5.10 Å². The smallest absolute Gasteiger partial charge is 0.127 e. The number of aromatic amines is 1. The van der Waals surface area contributed by atoms with E-state index in [4.69, 9.17) is 22.1 Å². The van der Waals surface area contributed by atoms with Crippen molar-refractivity contribution in [3.8, 4) is 16.9 Å². The molecule has 0 aliphatic carbocycles. The van der Waals surface area contributed by atoms with Gasteiger partial charge in [-0.15, -0.1) is 0 Å². The number of aromatic nitrogens is 2. The number of rotatable bonds is 3. The lowest BCUT2D eigenvalue weighted by Crippen LogP contribution is -1.99. The number of nitrogens with zero attached hydrogens (tertiary/aromatic N) is 1. The summed E-state index contributed by atoms with van der Waals surface area (Å²) in [5.74, 6) is 0.767. The van der Waals surface area contributed by atoms with Crippen LogP contribution in [0.1, 0.15) is 11.3 Å². The average molecular weight is 252 g/mol. The van der Waals surface area contributed by atoms with Crippen LogP contribution in [0.15, 0.2) is 18.3 Å². The van der Waals surface area contributed by atoms with E-state index in [0.29, 0.717) is 11.6 Å². The second-order valence-electron chi connectivity index (χ2n) is 3.77. The Hall–Kier alpha value is -1.52. The third-order valence-corrected chi connectivity index (χ3v) is 3.10. The Labute approximate surface area is 105 Å². The molecule has 0 amide bonds. The first-order valence-electron chi connectivity index (χ1n) is 5.24. The Kier molecular flexibility index (Phi) is 3.36. The van der Waals surface area contributed by atoms with Crippen LogP contribution >= 0.6 is 11.6 Å². The molecule has 0 saturated heterocycles. The quantitative estimate of drug-likeness (QED) is 0.881. The van der Waals surface area contributed by atoms with E-state index < -0.39 is 0 Å². The molecule has 0 bridgehead atoms. The summed E-state index contributed by atoms with van der Waals surface area (Å²) in [6.45, 7) is 2.33. The first-order valence-corrected chi connectivity index (χ1v) is 5.62. The van der Waals surface area contributed by atoms with Crippen molar-refractivity contribution in [1.82, 2.24) is 10.2 Å². The number of aryl methyl sites for hydroxylation is 1. The van der Waals surface area contributed by atoms with Crippen molar-refractivity contribution in [2.24, 2.45) is 5.73 Å². The molecule has 0 fully saturated rings. The number of halogens is 1. The van der Waals surface area contributed by atoms with Crippen LogP contribution in [0.25, 0.3) is 11.1 Å². The Morgan fingerprint density at radius 2 is 2.18 bits per heavy atom. The molecule has 0 atom stereocenters. The number of ether oxygens (including phenoxy) is 1. The summed E-state index contributed by atoms with van der Waals surface area (Å²) in [5, 5.41) is 7.56. The summed E-state index contributed by atoms with van der Waals surface area (Å²) in [6.07, 6.45) is 1.73. The molecule has 5 heteroatoms. The molecule has 17 heavy (non-hydrogen) atoms. The summed E-state index contributed by atoms with van der Waals surface area (Å²) in [5.41, 5.74) is 9.31. The summed E-state index contributed by atoms with van der Waals surface area (Å²) >= 11 is 6.14. The zero-order valence-electron chi connectivity index (χ0n) is 9.75. The Morgan fingerprint density at radius 1 is 1.41 bits per heavy atom. The van der Waals surface area contributed by atoms with E-state index in [-0.39, 0.29) is 0 Å². The first-order chi connectivity index (χ1) is 8.17. The van der Waals surface area contributed by atoms with Gasteiger partial charge in [0, 0.05) is 22.7 Å². The monoisotopic (exact) mass is 251 g/mol. The third-order valence-electron chi connectivity index (χ3n) is 2.69. The van der Waals surface area contributed by atoms with Crippen molar-refractivity contribution in [2.75, 3.05) is 7.11 Å². The molecule has 0 spiro atoms. The van der Waals surface area contributed by atoms with E-state index in [1.165, 1.54) is 0 Å². The fourth-order valence-corrected chi connectivity index (χ4v) is 1.90. The number of nitrogens with two attached hydrogens (primary N) is 1. The maximum absolute atomic E-state index is 6.14. The highest BCUT2D eigenvalue weighted by Crippen LogP contribution is 2.35. The Morgan fingerprint density at radius 3 is 2.82 bits per heavy atom. The molecular formula is C12H14ClN3O. The number of H-pyrrole nitrogens is 1. The summed E-state index contributed by atoms with van der Waals surface area (Å²) < 4.78 is 5.36. The van der Waals surface area contributed by atoms with Crippen LogP contribution in [0.4, 0.5) is 0 Å². The van der Waals surface area contributed by atoms with E-state index in [2.05, 4.69) is 10.2 Å². The maximum Gasteiger partial charge on any atom is 0.127 e. The average Bonchev–Trinajstić information content (AvgIpc) is 2.80. The van der Waals surface area contributed by atoms with Gasteiger partial charge in [0.2, 0.25) is 0 Å². The van der Waals surface area contributed by atoms with E-state index >= 15 is 0 Å². The molecule has 1 aromatic carbocycles. The van der Waals surface area contributed by atoms with E-state index in [1.807, 2.05) is 19.1 Å². The molecular weight excluding hydrogens is 238 g/mol. The predicted octanol–water partition coefficient (Wildman–Crippen LogP) is 2.51. The normalized spacial score (nSPS) is 10.6. The highest BCUT2D eigenvalue weighted by molar-refractivity contribution is 6.31. The van der Waals surface area contributed by atoms with Gasteiger partial charge in [-0.1, -0.05) is 11.6 Å². The van der Waals surface area contributed by atoms with Gasteiger partial charge in [0.15, 0.2) is 0 Å². The summed E-state index contributed by atoms with van der Waals surface area (Å²) in [7, 11) is 1.63. The molecule has 0 saturated carbocycles. The molecule has 0 radical (unpaired) electrons. The number of nitrogens with one attached hydrogen (secondary N) is 1. The van der Waals surface area contributed by atoms with Crippen molar-refractivity contribution >= 4 is 11.6 Å². The minimum absolute atomic E-state index is 0.393. The zero-order chi connectivity index (χ0) is 12.4. The molecule has 1 aromatic heterocycles. The number of hydrogen-bond donors (Lipinski definition) is 2. The van der Waals surface area contributed by atoms with Crippen LogP contribution in [-0.4, -0.2) is 17.3 Å². The second kappa shape index (κ2) is 4.77. The Balaban J connectivity index is 2.62. The fourth-order valence-electron chi connectivity index (χ4n) is 1.73. The van der Waals surface area contributed by atoms with Gasteiger partial charge in [-0.05, 0) is 24.6 Å². The van der Waals surface area contributed by atoms with Crippen molar-refractivity contribution < 1.29 is 4.74 Å². The highest BCUT2D eigenvalue weighted by atomic mass is 35.5. The predicted molar refractivity (Wildman–Crippen MR) is 68.2 cm³/mol. The van der Waals surface area contributed by atoms with Crippen LogP contribution in [-0.2, 0) is 6.54 Å². The standard InChI is InChI=1S/C12H14ClN3O/c1-7-3-12(17-2)8(4-10(7)13)9-6-15-16-11(9)5-14/h3-4,6H,5,14H2,1-2H3,(H,15,16). The lowest BCUT2D eigenvalue weighted by Gasteiger charge is -2.10. The van der Waals surface area contributed by atoms with E-state index in [1.54, 1.807) is 13.3 Å². The lowest BCUT2D eigenvalue weighted by atomic mass is 10.0. The number of methoxy groups -OCH3 is 1. The van der Waals surface area contributed by atoms with E-state index in [0.717, 1.165) is 28.1 Å². The Bertz CT molecular complexity index is 537. The van der Waals surface area contributed by atoms with Crippen LogP contribution in [0.2, 0.25) is 5.02 Å². The van der Waals surface area contributed by atoms with Gasteiger partial charge >= 0.3 is 0 Å². The lowest BCUT2D eigenvalue weighted by molar-refractivity contribution is 0.416. The van der Waals surface area contributed by atoms with E-state index in [9.17, 15) is 0 Å². The van der Waals surface area contributed by atoms with Crippen molar-refractivity contribution in [3.63, 3.8) is 0 Å².